The molecule has 1 aliphatic heterocycles. The van der Waals surface area contributed by atoms with Crippen LogP contribution in [0.5, 0.6) is 0 Å². The molecule has 1 aromatic heterocycles. The minimum Gasteiger partial charge on any atom is -0.353 e. The van der Waals surface area contributed by atoms with Crippen molar-refractivity contribution in [1.29, 1.82) is 0 Å². The smallest absolute Gasteiger partial charge is 0.241 e. The number of likely N-dealkylation sites (tertiary alicyclic amines) is 1. The number of piperidine rings is 1. The van der Waals surface area contributed by atoms with Crippen LogP contribution in [0.3, 0.4) is 0 Å². The van der Waals surface area contributed by atoms with Gasteiger partial charge in [-0.25, -0.2) is 4.68 Å². The lowest BCUT2D eigenvalue weighted by molar-refractivity contribution is -0.121. The van der Waals surface area contributed by atoms with E-state index in [9.17, 15) is 4.79 Å². The first-order valence-electron chi connectivity index (χ1n) is 6.44. The van der Waals surface area contributed by atoms with Gasteiger partial charge in [0.05, 0.1) is 0 Å². The fraction of sp³-hybridized carbons (Fsp3) is 0.818. The molecule has 1 N–H and O–H groups in total. The van der Waals surface area contributed by atoms with Crippen LogP contribution in [0.4, 0.5) is 0 Å². The first-order valence-corrected chi connectivity index (χ1v) is 6.44. The summed E-state index contributed by atoms with van der Waals surface area (Å²) in [6.07, 6.45) is 4.02. The highest BCUT2D eigenvalue weighted by molar-refractivity contribution is 5.75. The fourth-order valence-corrected chi connectivity index (χ4v) is 2.30. The monoisotopic (exact) mass is 252 g/mol. The van der Waals surface area contributed by atoms with Crippen LogP contribution in [0.1, 0.15) is 19.8 Å². The van der Waals surface area contributed by atoms with Gasteiger partial charge >= 0.3 is 0 Å². The molecule has 0 saturated carbocycles. The summed E-state index contributed by atoms with van der Waals surface area (Å²) < 4.78 is 1.41. The van der Waals surface area contributed by atoms with Crippen LogP contribution < -0.4 is 5.32 Å². The summed E-state index contributed by atoms with van der Waals surface area (Å²) in [5.74, 6) is 0.725. The third kappa shape index (κ3) is 4.06. The van der Waals surface area contributed by atoms with E-state index in [1.807, 2.05) is 0 Å². The van der Waals surface area contributed by atoms with Gasteiger partial charge in [0.1, 0.15) is 12.9 Å². The second-order valence-electron chi connectivity index (χ2n) is 4.91. The molecule has 1 saturated heterocycles. The Labute approximate surface area is 107 Å². The molecule has 0 unspecified atom stereocenters. The minimum absolute atomic E-state index is 0.0487. The quantitative estimate of drug-likeness (QED) is 0.766. The molecule has 1 atom stereocenters. The van der Waals surface area contributed by atoms with Crippen molar-refractivity contribution >= 4 is 5.91 Å². The molecule has 1 aromatic rings. The largest absolute Gasteiger partial charge is 0.353 e. The topological polar surface area (TPSA) is 75.9 Å². The zero-order chi connectivity index (χ0) is 12.8. The Hall–Kier alpha value is -1.50. The van der Waals surface area contributed by atoms with E-state index in [4.69, 9.17) is 0 Å². The predicted octanol–water partition coefficient (Wildman–Crippen LogP) is -0.479. The Kier molecular flexibility index (Phi) is 4.63. The molecule has 0 aromatic carbocycles. The number of nitrogens with zero attached hydrogens (tertiary/aromatic N) is 5. The summed E-state index contributed by atoms with van der Waals surface area (Å²) in [5.41, 5.74) is 0. The van der Waals surface area contributed by atoms with Crippen LogP contribution in [0, 0.1) is 5.92 Å². The van der Waals surface area contributed by atoms with E-state index in [2.05, 4.69) is 32.7 Å². The molecule has 1 aliphatic rings. The highest BCUT2D eigenvalue weighted by Crippen LogP contribution is 2.14. The van der Waals surface area contributed by atoms with E-state index in [0.717, 1.165) is 25.6 Å². The molecule has 1 fully saturated rings. The van der Waals surface area contributed by atoms with Gasteiger partial charge in [0.15, 0.2) is 0 Å². The van der Waals surface area contributed by atoms with Crippen LogP contribution in [0.2, 0.25) is 0 Å². The van der Waals surface area contributed by atoms with Gasteiger partial charge in [-0.3, -0.25) is 4.79 Å². The van der Waals surface area contributed by atoms with Crippen LogP contribution >= 0.6 is 0 Å². The summed E-state index contributed by atoms with van der Waals surface area (Å²) in [4.78, 5) is 14.0. The Morgan fingerprint density at radius 3 is 3.17 bits per heavy atom. The molecule has 0 spiro atoms. The van der Waals surface area contributed by atoms with Crippen molar-refractivity contribution < 1.29 is 4.79 Å². The van der Waals surface area contributed by atoms with Gasteiger partial charge in [0.2, 0.25) is 5.91 Å². The van der Waals surface area contributed by atoms with Crippen molar-refractivity contribution in [3.63, 3.8) is 0 Å². The maximum Gasteiger partial charge on any atom is 0.241 e. The zero-order valence-electron chi connectivity index (χ0n) is 10.7. The molecule has 0 radical (unpaired) electrons. The van der Waals surface area contributed by atoms with Crippen LogP contribution in [-0.2, 0) is 11.3 Å². The number of tetrazole rings is 1. The number of carbonyl (C=O) groups is 1. The van der Waals surface area contributed by atoms with E-state index in [-0.39, 0.29) is 12.5 Å². The van der Waals surface area contributed by atoms with E-state index in [1.54, 1.807) is 0 Å². The normalized spacial score (nSPS) is 20.8. The predicted molar refractivity (Wildman–Crippen MR) is 65.7 cm³/mol. The fourth-order valence-electron chi connectivity index (χ4n) is 2.30. The molecule has 18 heavy (non-hydrogen) atoms. The van der Waals surface area contributed by atoms with Gasteiger partial charge in [-0.1, -0.05) is 6.92 Å². The molecule has 0 bridgehead atoms. The lowest BCUT2D eigenvalue weighted by atomic mass is 10.0. The van der Waals surface area contributed by atoms with Gasteiger partial charge in [-0.2, -0.15) is 0 Å². The number of hydrogen-bond acceptors (Lipinski definition) is 5. The van der Waals surface area contributed by atoms with Crippen molar-refractivity contribution in [2.45, 2.75) is 26.3 Å². The van der Waals surface area contributed by atoms with Crippen LogP contribution in [0.25, 0.3) is 0 Å². The Bertz CT molecular complexity index is 366. The van der Waals surface area contributed by atoms with Gasteiger partial charge in [0.25, 0.3) is 0 Å². The van der Waals surface area contributed by atoms with E-state index in [1.165, 1.54) is 23.9 Å². The number of rotatable bonds is 5. The lowest BCUT2D eigenvalue weighted by Gasteiger charge is -2.30. The van der Waals surface area contributed by atoms with Crippen molar-refractivity contribution in [2.75, 3.05) is 26.2 Å². The third-order valence-electron chi connectivity index (χ3n) is 3.19. The molecule has 2 rings (SSSR count). The second-order valence-corrected chi connectivity index (χ2v) is 4.91. The van der Waals surface area contributed by atoms with E-state index >= 15 is 0 Å². The molecule has 7 heteroatoms. The molecule has 2 heterocycles. The van der Waals surface area contributed by atoms with Crippen molar-refractivity contribution in [3.05, 3.63) is 6.33 Å². The standard InChI is InChI=1S/C11H20N6O/c1-10-3-2-5-16(7-10)6-4-12-11(18)8-17-9-13-14-15-17/h9-10H,2-8H2,1H3,(H,12,18)/t10-/m1/s1. The summed E-state index contributed by atoms with van der Waals surface area (Å²) >= 11 is 0. The van der Waals surface area contributed by atoms with Gasteiger partial charge in [-0.15, -0.1) is 5.10 Å². The number of nitrogens with one attached hydrogen (secondary N) is 1. The van der Waals surface area contributed by atoms with Gasteiger partial charge < -0.3 is 10.2 Å². The molecule has 7 nitrogen and oxygen atoms in total. The Morgan fingerprint density at radius 2 is 2.44 bits per heavy atom. The average molecular weight is 252 g/mol. The SMILES string of the molecule is C[C@@H]1CCCN(CCNC(=O)Cn2cnnn2)C1. The maximum atomic E-state index is 11.6. The number of carbonyl (C=O) groups excluding carboxylic acids is 1. The molecule has 1 amide bonds. The van der Waals surface area contributed by atoms with Crippen molar-refractivity contribution in [3.8, 4) is 0 Å². The highest BCUT2D eigenvalue weighted by Gasteiger charge is 2.15. The Balaban J connectivity index is 1.61. The van der Waals surface area contributed by atoms with Crippen LogP contribution in [0.15, 0.2) is 6.33 Å². The zero-order valence-corrected chi connectivity index (χ0v) is 10.7. The highest BCUT2D eigenvalue weighted by atomic mass is 16.2. The minimum atomic E-state index is -0.0487. The number of hydrogen-bond donors (Lipinski definition) is 1. The van der Waals surface area contributed by atoms with Crippen molar-refractivity contribution in [2.24, 2.45) is 5.92 Å². The van der Waals surface area contributed by atoms with E-state index in [0.29, 0.717) is 6.54 Å². The van der Waals surface area contributed by atoms with E-state index < -0.39 is 0 Å². The summed E-state index contributed by atoms with van der Waals surface area (Å²) in [6, 6.07) is 0. The molecular weight excluding hydrogens is 232 g/mol. The first-order chi connectivity index (χ1) is 8.74. The molecular formula is C11H20N6O. The number of aromatic nitrogens is 4. The summed E-state index contributed by atoms with van der Waals surface area (Å²) in [5, 5.41) is 13.5. The Morgan fingerprint density at radius 1 is 1.56 bits per heavy atom. The third-order valence-corrected chi connectivity index (χ3v) is 3.19. The average Bonchev–Trinajstić information content (AvgIpc) is 2.82. The maximum absolute atomic E-state index is 11.6. The summed E-state index contributed by atoms with van der Waals surface area (Å²) in [7, 11) is 0. The van der Waals surface area contributed by atoms with Gasteiger partial charge in [0, 0.05) is 19.6 Å². The molecule has 0 aliphatic carbocycles. The number of amides is 1. The van der Waals surface area contributed by atoms with Crippen LogP contribution in [-0.4, -0.2) is 57.2 Å². The molecule has 100 valence electrons. The lowest BCUT2D eigenvalue weighted by Crippen LogP contribution is -2.40. The van der Waals surface area contributed by atoms with Gasteiger partial charge in [-0.05, 0) is 35.7 Å². The van der Waals surface area contributed by atoms with Crippen molar-refractivity contribution in [1.82, 2.24) is 30.4 Å². The first kappa shape index (κ1) is 12.9. The second kappa shape index (κ2) is 6.44. The summed E-state index contributed by atoms with van der Waals surface area (Å²) in [6.45, 7) is 6.36.